The fourth-order valence-corrected chi connectivity index (χ4v) is 5.56. The predicted molar refractivity (Wildman–Crippen MR) is 122 cm³/mol. The van der Waals surface area contributed by atoms with Gasteiger partial charge >= 0.3 is 0 Å². The SMILES string of the molecule is CCC1CC2CC(C)CC(C2)C1OCC(=O)Nc1ncccc1OCc1ccccc1. The van der Waals surface area contributed by atoms with E-state index in [1.807, 2.05) is 36.4 Å². The number of carbonyl (C=O) groups excluding carboxylic acids is 1. The molecule has 0 aliphatic heterocycles. The summed E-state index contributed by atoms with van der Waals surface area (Å²) in [6.45, 7) is 5.08. The largest absolute Gasteiger partial charge is 0.485 e. The molecule has 5 unspecified atom stereocenters. The first-order valence-corrected chi connectivity index (χ1v) is 11.7. The van der Waals surface area contributed by atoms with Gasteiger partial charge in [0.1, 0.15) is 13.2 Å². The minimum absolute atomic E-state index is 0.0609. The molecule has 1 aromatic carbocycles. The average molecular weight is 423 g/mol. The Morgan fingerprint density at radius 2 is 1.94 bits per heavy atom. The number of pyridine rings is 1. The molecular formula is C26H34N2O3. The van der Waals surface area contributed by atoms with Gasteiger partial charge in [0.2, 0.25) is 0 Å². The van der Waals surface area contributed by atoms with Crippen LogP contribution in [0.25, 0.3) is 0 Å². The minimum atomic E-state index is -0.177. The van der Waals surface area contributed by atoms with Crippen molar-refractivity contribution >= 4 is 11.7 Å². The van der Waals surface area contributed by atoms with Crippen molar-refractivity contribution in [1.82, 2.24) is 4.98 Å². The van der Waals surface area contributed by atoms with E-state index in [1.165, 1.54) is 25.7 Å². The van der Waals surface area contributed by atoms with Crippen LogP contribution in [0.2, 0.25) is 0 Å². The van der Waals surface area contributed by atoms with Gasteiger partial charge in [0, 0.05) is 6.20 Å². The molecule has 0 radical (unpaired) electrons. The van der Waals surface area contributed by atoms with E-state index in [9.17, 15) is 4.79 Å². The number of carbonyl (C=O) groups is 1. The number of hydrogen-bond acceptors (Lipinski definition) is 4. The highest BCUT2D eigenvalue weighted by Crippen LogP contribution is 2.46. The smallest absolute Gasteiger partial charge is 0.251 e. The fourth-order valence-electron chi connectivity index (χ4n) is 5.56. The molecule has 5 nitrogen and oxygen atoms in total. The topological polar surface area (TPSA) is 60.5 Å². The summed E-state index contributed by atoms with van der Waals surface area (Å²) in [7, 11) is 0. The van der Waals surface area contributed by atoms with Crippen molar-refractivity contribution in [3.05, 3.63) is 54.2 Å². The number of amides is 1. The molecule has 2 aliphatic rings. The Labute approximate surface area is 185 Å². The van der Waals surface area contributed by atoms with Gasteiger partial charge in [-0.25, -0.2) is 4.98 Å². The molecule has 2 aromatic rings. The van der Waals surface area contributed by atoms with Crippen LogP contribution in [0.3, 0.4) is 0 Å². The number of hydrogen-bond donors (Lipinski definition) is 1. The van der Waals surface area contributed by atoms with Crippen LogP contribution >= 0.6 is 0 Å². The number of fused-ring (bicyclic) bond motifs is 2. The molecule has 31 heavy (non-hydrogen) atoms. The summed E-state index contributed by atoms with van der Waals surface area (Å²) < 4.78 is 12.1. The van der Waals surface area contributed by atoms with Crippen LogP contribution in [0.4, 0.5) is 5.82 Å². The number of benzene rings is 1. The highest BCUT2D eigenvalue weighted by molar-refractivity contribution is 5.92. The standard InChI is InChI=1S/C26H34N2O3/c1-3-21-14-20-12-18(2)13-22(15-20)25(21)31-17-24(29)28-26-23(10-7-11-27-26)30-16-19-8-5-4-6-9-19/h4-11,18,20-22,25H,3,12-17H2,1-2H3,(H,27,28,29). The molecule has 2 bridgehead atoms. The molecule has 1 aromatic heterocycles. The zero-order valence-corrected chi connectivity index (χ0v) is 18.6. The van der Waals surface area contributed by atoms with Crippen LogP contribution in [-0.2, 0) is 16.1 Å². The second-order valence-electron chi connectivity index (χ2n) is 9.29. The van der Waals surface area contributed by atoms with Crippen molar-refractivity contribution in [2.75, 3.05) is 11.9 Å². The lowest BCUT2D eigenvalue weighted by Gasteiger charge is -2.46. The molecule has 1 heterocycles. The molecule has 2 fully saturated rings. The predicted octanol–water partition coefficient (Wildman–Crippen LogP) is 5.47. The van der Waals surface area contributed by atoms with Crippen LogP contribution in [0.15, 0.2) is 48.7 Å². The van der Waals surface area contributed by atoms with Gasteiger partial charge in [-0.3, -0.25) is 4.79 Å². The Kier molecular flexibility index (Phi) is 7.23. The van der Waals surface area contributed by atoms with Gasteiger partial charge in [-0.2, -0.15) is 0 Å². The van der Waals surface area contributed by atoms with Crippen LogP contribution in [0.5, 0.6) is 5.75 Å². The van der Waals surface area contributed by atoms with Gasteiger partial charge in [0.15, 0.2) is 11.6 Å². The van der Waals surface area contributed by atoms with Crippen LogP contribution in [0, 0.1) is 23.7 Å². The summed E-state index contributed by atoms with van der Waals surface area (Å²) in [6.07, 6.45) is 8.02. The third-order valence-corrected chi connectivity index (χ3v) is 6.84. The lowest BCUT2D eigenvalue weighted by Crippen LogP contribution is -2.44. The first-order chi connectivity index (χ1) is 15.1. The summed E-state index contributed by atoms with van der Waals surface area (Å²) in [5.41, 5.74) is 1.06. The van der Waals surface area contributed by atoms with Gasteiger partial charge in [0.05, 0.1) is 6.10 Å². The van der Waals surface area contributed by atoms with Crippen molar-refractivity contribution < 1.29 is 14.3 Å². The van der Waals surface area contributed by atoms with Crippen LogP contribution in [-0.4, -0.2) is 23.6 Å². The van der Waals surface area contributed by atoms with Gasteiger partial charge < -0.3 is 14.8 Å². The van der Waals surface area contributed by atoms with E-state index in [2.05, 4.69) is 24.1 Å². The molecule has 0 spiro atoms. The van der Waals surface area contributed by atoms with Crippen LogP contribution in [0.1, 0.15) is 51.5 Å². The lowest BCUT2D eigenvalue weighted by molar-refractivity contribution is -0.131. The van der Waals surface area contributed by atoms with Gasteiger partial charge in [-0.15, -0.1) is 0 Å². The van der Waals surface area contributed by atoms with E-state index in [4.69, 9.17) is 9.47 Å². The number of nitrogens with one attached hydrogen (secondary N) is 1. The summed E-state index contributed by atoms with van der Waals surface area (Å²) in [5.74, 6) is 3.57. The third kappa shape index (κ3) is 5.65. The number of rotatable bonds is 8. The Morgan fingerprint density at radius 1 is 1.10 bits per heavy atom. The molecule has 4 rings (SSSR count). The number of anilines is 1. The molecule has 0 saturated heterocycles. The molecule has 166 valence electrons. The van der Waals surface area contributed by atoms with Crippen LogP contribution < -0.4 is 10.1 Å². The summed E-state index contributed by atoms with van der Waals surface area (Å²) in [4.78, 5) is 17.0. The van der Waals surface area contributed by atoms with E-state index < -0.39 is 0 Å². The van der Waals surface area contributed by atoms with E-state index >= 15 is 0 Å². The average Bonchev–Trinajstić information content (AvgIpc) is 2.78. The van der Waals surface area contributed by atoms with Gasteiger partial charge in [-0.1, -0.05) is 50.6 Å². The monoisotopic (exact) mass is 422 g/mol. The van der Waals surface area contributed by atoms with Crippen molar-refractivity contribution in [2.24, 2.45) is 23.7 Å². The number of nitrogens with zero attached hydrogens (tertiary/aromatic N) is 1. The lowest BCUT2D eigenvalue weighted by atomic mass is 9.63. The van der Waals surface area contributed by atoms with E-state index in [0.29, 0.717) is 30.0 Å². The Bertz CT molecular complexity index is 855. The molecule has 1 amide bonds. The first-order valence-electron chi connectivity index (χ1n) is 11.7. The summed E-state index contributed by atoms with van der Waals surface area (Å²) in [6, 6.07) is 13.6. The van der Waals surface area contributed by atoms with Crippen molar-refractivity contribution in [3.63, 3.8) is 0 Å². The van der Waals surface area contributed by atoms with Crippen molar-refractivity contribution in [2.45, 2.75) is 58.7 Å². The normalized spacial score (nSPS) is 27.5. The van der Waals surface area contributed by atoms with Gasteiger partial charge in [0.25, 0.3) is 5.91 Å². The zero-order valence-electron chi connectivity index (χ0n) is 18.6. The Balaban J connectivity index is 1.33. The van der Waals surface area contributed by atoms with E-state index in [-0.39, 0.29) is 18.6 Å². The zero-order chi connectivity index (χ0) is 21.6. The fraction of sp³-hybridized carbons (Fsp3) is 0.538. The quantitative estimate of drug-likeness (QED) is 0.613. The molecule has 2 saturated carbocycles. The molecule has 2 aliphatic carbocycles. The molecule has 1 N–H and O–H groups in total. The summed E-state index contributed by atoms with van der Waals surface area (Å²) in [5, 5.41) is 2.88. The first kappa shape index (κ1) is 21.8. The Morgan fingerprint density at radius 3 is 2.74 bits per heavy atom. The third-order valence-electron chi connectivity index (χ3n) is 6.84. The maximum Gasteiger partial charge on any atom is 0.251 e. The number of aromatic nitrogens is 1. The highest BCUT2D eigenvalue weighted by Gasteiger charge is 2.41. The molecule has 5 heteroatoms. The summed E-state index contributed by atoms with van der Waals surface area (Å²) >= 11 is 0. The second kappa shape index (κ2) is 10.3. The maximum atomic E-state index is 12.7. The van der Waals surface area contributed by atoms with Gasteiger partial charge in [-0.05, 0) is 67.1 Å². The molecular weight excluding hydrogens is 388 g/mol. The Hall–Kier alpha value is -2.40. The second-order valence-corrected chi connectivity index (χ2v) is 9.29. The van der Waals surface area contributed by atoms with E-state index in [0.717, 1.165) is 23.8 Å². The van der Waals surface area contributed by atoms with Crippen molar-refractivity contribution in [3.8, 4) is 5.75 Å². The molecule has 5 atom stereocenters. The van der Waals surface area contributed by atoms with E-state index in [1.54, 1.807) is 12.3 Å². The minimum Gasteiger partial charge on any atom is -0.485 e. The maximum absolute atomic E-state index is 12.7. The number of ether oxygens (including phenoxy) is 2. The van der Waals surface area contributed by atoms with Crippen molar-refractivity contribution in [1.29, 1.82) is 0 Å². The highest BCUT2D eigenvalue weighted by atomic mass is 16.5.